The van der Waals surface area contributed by atoms with Crippen LogP contribution in [-0.4, -0.2) is 13.1 Å². The number of carbonyl (C=O) groups is 1. The molecule has 0 radical (unpaired) electrons. The summed E-state index contributed by atoms with van der Waals surface area (Å²) in [4.78, 5) is 10.7. The largest absolute Gasteiger partial charge is 0.496 e. The van der Waals surface area contributed by atoms with Gasteiger partial charge >= 0.3 is 6.03 Å². The molecular weight excluding hydrogens is 180 g/mol. The molecule has 0 fully saturated rings. The summed E-state index contributed by atoms with van der Waals surface area (Å²) in [5.74, 6) is 0.803. The van der Waals surface area contributed by atoms with Gasteiger partial charge in [-0.05, 0) is 37.1 Å². The number of anilines is 1. The molecule has 76 valence electrons. The first-order valence-electron chi connectivity index (χ1n) is 4.27. The van der Waals surface area contributed by atoms with E-state index in [0.29, 0.717) is 0 Å². The first-order chi connectivity index (χ1) is 6.56. The third-order valence-corrected chi connectivity index (χ3v) is 2.22. The normalized spacial score (nSPS) is 9.64. The van der Waals surface area contributed by atoms with Crippen molar-refractivity contribution in [3.8, 4) is 5.75 Å². The van der Waals surface area contributed by atoms with Gasteiger partial charge in [0, 0.05) is 5.69 Å². The molecule has 0 spiro atoms. The van der Waals surface area contributed by atoms with E-state index in [0.717, 1.165) is 22.6 Å². The lowest BCUT2D eigenvalue weighted by atomic mass is 10.1. The molecule has 0 aliphatic rings. The van der Waals surface area contributed by atoms with Crippen LogP contribution in [0.15, 0.2) is 12.1 Å². The minimum atomic E-state index is -0.558. The monoisotopic (exact) mass is 194 g/mol. The summed E-state index contributed by atoms with van der Waals surface area (Å²) >= 11 is 0. The van der Waals surface area contributed by atoms with Crippen LogP contribution in [0.5, 0.6) is 5.75 Å². The predicted octanol–water partition coefficient (Wildman–Crippen LogP) is 1.80. The highest BCUT2D eigenvalue weighted by atomic mass is 16.5. The molecular formula is C10H14N2O2. The van der Waals surface area contributed by atoms with Crippen LogP contribution in [-0.2, 0) is 0 Å². The van der Waals surface area contributed by atoms with Crippen LogP contribution in [0.25, 0.3) is 0 Å². The summed E-state index contributed by atoms with van der Waals surface area (Å²) < 4.78 is 5.14. The van der Waals surface area contributed by atoms with E-state index in [-0.39, 0.29) is 0 Å². The minimum Gasteiger partial charge on any atom is -0.496 e. The molecule has 0 saturated heterocycles. The van der Waals surface area contributed by atoms with Crippen LogP contribution >= 0.6 is 0 Å². The number of primary amides is 1. The summed E-state index contributed by atoms with van der Waals surface area (Å²) in [6.45, 7) is 3.84. The van der Waals surface area contributed by atoms with Crippen molar-refractivity contribution in [3.05, 3.63) is 23.3 Å². The molecule has 0 bridgehead atoms. The number of hydrogen-bond donors (Lipinski definition) is 2. The van der Waals surface area contributed by atoms with Crippen LogP contribution in [0.1, 0.15) is 11.1 Å². The first kappa shape index (κ1) is 10.4. The molecule has 14 heavy (non-hydrogen) atoms. The number of urea groups is 1. The van der Waals surface area contributed by atoms with Gasteiger partial charge in [-0.25, -0.2) is 4.79 Å². The summed E-state index contributed by atoms with van der Waals surface area (Å²) in [6, 6.07) is 3.01. The lowest BCUT2D eigenvalue weighted by Crippen LogP contribution is -2.20. The average Bonchev–Trinajstić information content (AvgIpc) is 2.13. The Morgan fingerprint density at radius 1 is 1.36 bits per heavy atom. The number of rotatable bonds is 2. The average molecular weight is 194 g/mol. The van der Waals surface area contributed by atoms with Gasteiger partial charge in [-0.2, -0.15) is 0 Å². The Kier molecular flexibility index (Phi) is 2.96. The minimum absolute atomic E-state index is 0.558. The van der Waals surface area contributed by atoms with Crippen molar-refractivity contribution >= 4 is 11.7 Å². The molecule has 0 atom stereocenters. The number of hydrogen-bond acceptors (Lipinski definition) is 2. The van der Waals surface area contributed by atoms with E-state index >= 15 is 0 Å². The Bertz CT molecular complexity index is 361. The van der Waals surface area contributed by atoms with Crippen molar-refractivity contribution in [1.82, 2.24) is 0 Å². The second-order valence-corrected chi connectivity index (χ2v) is 3.05. The van der Waals surface area contributed by atoms with Crippen molar-refractivity contribution in [3.63, 3.8) is 0 Å². The molecule has 4 heteroatoms. The first-order valence-corrected chi connectivity index (χ1v) is 4.27. The van der Waals surface area contributed by atoms with E-state index in [1.54, 1.807) is 19.2 Å². The number of nitrogens with two attached hydrogens (primary N) is 1. The third-order valence-electron chi connectivity index (χ3n) is 2.22. The maximum Gasteiger partial charge on any atom is 0.316 e. The fourth-order valence-electron chi connectivity index (χ4n) is 1.29. The molecule has 0 saturated carbocycles. The Balaban J connectivity index is 3.10. The number of benzene rings is 1. The predicted molar refractivity (Wildman–Crippen MR) is 55.7 cm³/mol. The van der Waals surface area contributed by atoms with Crippen molar-refractivity contribution < 1.29 is 9.53 Å². The Labute approximate surface area is 83.1 Å². The molecule has 4 nitrogen and oxygen atoms in total. The van der Waals surface area contributed by atoms with Crippen LogP contribution in [0.4, 0.5) is 10.5 Å². The molecule has 0 aliphatic heterocycles. The van der Waals surface area contributed by atoms with Crippen molar-refractivity contribution in [2.45, 2.75) is 13.8 Å². The van der Waals surface area contributed by atoms with E-state index in [9.17, 15) is 4.79 Å². The number of ether oxygens (including phenoxy) is 1. The standard InChI is InChI=1S/C10H14N2O2/c1-6-7(2)9(14-3)5-4-8(6)12-10(11)13/h4-5H,1-3H3,(H3,11,12,13). The lowest BCUT2D eigenvalue weighted by molar-refractivity contribution is 0.259. The molecule has 0 aliphatic carbocycles. The van der Waals surface area contributed by atoms with Gasteiger partial charge in [0.25, 0.3) is 0 Å². The van der Waals surface area contributed by atoms with Gasteiger partial charge in [-0.1, -0.05) is 0 Å². The summed E-state index contributed by atoms with van der Waals surface area (Å²) in [7, 11) is 1.61. The SMILES string of the molecule is COc1ccc(NC(N)=O)c(C)c1C. The van der Waals surface area contributed by atoms with Crippen LogP contribution < -0.4 is 15.8 Å². The lowest BCUT2D eigenvalue weighted by Gasteiger charge is -2.12. The Morgan fingerprint density at radius 2 is 2.00 bits per heavy atom. The zero-order chi connectivity index (χ0) is 10.7. The molecule has 0 unspecified atom stereocenters. The van der Waals surface area contributed by atoms with Crippen LogP contribution in [0.2, 0.25) is 0 Å². The highest BCUT2D eigenvalue weighted by molar-refractivity contribution is 5.89. The molecule has 0 aromatic heterocycles. The molecule has 0 heterocycles. The van der Waals surface area contributed by atoms with Gasteiger partial charge in [0.05, 0.1) is 7.11 Å². The highest BCUT2D eigenvalue weighted by Gasteiger charge is 2.07. The quantitative estimate of drug-likeness (QED) is 0.754. The van der Waals surface area contributed by atoms with E-state index in [1.807, 2.05) is 13.8 Å². The maximum atomic E-state index is 10.7. The smallest absolute Gasteiger partial charge is 0.316 e. The fraction of sp³-hybridized carbons (Fsp3) is 0.300. The van der Waals surface area contributed by atoms with Gasteiger partial charge in [0.15, 0.2) is 0 Å². The molecule has 3 N–H and O–H groups in total. The van der Waals surface area contributed by atoms with Crippen LogP contribution in [0, 0.1) is 13.8 Å². The fourth-order valence-corrected chi connectivity index (χ4v) is 1.29. The van der Waals surface area contributed by atoms with Gasteiger partial charge in [-0.3, -0.25) is 0 Å². The van der Waals surface area contributed by atoms with Gasteiger partial charge in [-0.15, -0.1) is 0 Å². The summed E-state index contributed by atoms with van der Waals surface area (Å²) in [5.41, 5.74) is 7.71. The highest BCUT2D eigenvalue weighted by Crippen LogP contribution is 2.26. The summed E-state index contributed by atoms with van der Waals surface area (Å²) in [5, 5.41) is 2.55. The van der Waals surface area contributed by atoms with E-state index in [4.69, 9.17) is 10.5 Å². The van der Waals surface area contributed by atoms with Gasteiger partial charge in [0.2, 0.25) is 0 Å². The number of amides is 2. The maximum absolute atomic E-state index is 10.7. The van der Waals surface area contributed by atoms with E-state index in [1.165, 1.54) is 0 Å². The Hall–Kier alpha value is -1.71. The van der Waals surface area contributed by atoms with Crippen molar-refractivity contribution in [2.75, 3.05) is 12.4 Å². The van der Waals surface area contributed by atoms with Crippen molar-refractivity contribution in [1.29, 1.82) is 0 Å². The third kappa shape index (κ3) is 1.96. The number of carbonyl (C=O) groups excluding carboxylic acids is 1. The Morgan fingerprint density at radius 3 is 2.50 bits per heavy atom. The van der Waals surface area contributed by atoms with Gasteiger partial charge < -0.3 is 15.8 Å². The number of methoxy groups -OCH3 is 1. The topological polar surface area (TPSA) is 64.3 Å². The second-order valence-electron chi connectivity index (χ2n) is 3.05. The van der Waals surface area contributed by atoms with E-state index < -0.39 is 6.03 Å². The van der Waals surface area contributed by atoms with Crippen molar-refractivity contribution in [2.24, 2.45) is 5.73 Å². The molecule has 2 amide bonds. The van der Waals surface area contributed by atoms with Crippen LogP contribution in [0.3, 0.4) is 0 Å². The molecule has 1 aromatic carbocycles. The molecule has 1 aromatic rings. The summed E-state index contributed by atoms with van der Waals surface area (Å²) in [6.07, 6.45) is 0. The van der Waals surface area contributed by atoms with E-state index in [2.05, 4.69) is 5.32 Å². The molecule has 1 rings (SSSR count). The zero-order valence-corrected chi connectivity index (χ0v) is 8.55. The zero-order valence-electron chi connectivity index (χ0n) is 8.55. The number of nitrogens with one attached hydrogen (secondary N) is 1. The van der Waals surface area contributed by atoms with Gasteiger partial charge in [0.1, 0.15) is 5.75 Å². The second kappa shape index (κ2) is 4.00.